The van der Waals surface area contributed by atoms with E-state index in [2.05, 4.69) is 10.3 Å². The van der Waals surface area contributed by atoms with E-state index in [1.807, 2.05) is 0 Å². The molecule has 0 unspecified atom stereocenters. The summed E-state index contributed by atoms with van der Waals surface area (Å²) < 4.78 is 14.7. The van der Waals surface area contributed by atoms with Crippen LogP contribution in [-0.2, 0) is 21.7 Å². The highest BCUT2D eigenvalue weighted by Crippen LogP contribution is 2.33. The molecule has 32 heavy (non-hydrogen) atoms. The second-order valence-corrected chi connectivity index (χ2v) is 7.31. The molecular weight excluding hydrogens is 417 g/mol. The first-order valence-electron chi connectivity index (χ1n) is 9.56. The number of hydrogen-bond donors (Lipinski definition) is 4. The number of nitrogen functional groups attached to an aromatic ring is 1. The fraction of sp³-hybridized carbons (Fsp3) is 0.182. The molecular formula is C22H22FN5O4. The molecule has 0 spiro atoms. The van der Waals surface area contributed by atoms with Crippen molar-refractivity contribution in [2.24, 2.45) is 5.73 Å². The Hall–Kier alpha value is -4.21. The summed E-state index contributed by atoms with van der Waals surface area (Å²) in [6.45, 7) is 3.06. The maximum absolute atomic E-state index is 13.6. The molecule has 9 nitrogen and oxygen atoms in total. The molecule has 1 aromatic carbocycles. The third-order valence-corrected chi connectivity index (χ3v) is 5.16. The quantitative estimate of drug-likeness (QED) is 0.409. The Kier molecular flexibility index (Phi) is 5.97. The Morgan fingerprint density at radius 3 is 2.34 bits per heavy atom. The van der Waals surface area contributed by atoms with Crippen LogP contribution in [0.1, 0.15) is 32.9 Å². The van der Waals surface area contributed by atoms with Crippen LogP contribution in [-0.4, -0.2) is 32.4 Å². The Morgan fingerprint density at radius 1 is 1.16 bits per heavy atom. The third-order valence-electron chi connectivity index (χ3n) is 5.16. The number of amides is 2. The van der Waals surface area contributed by atoms with E-state index in [-0.39, 0.29) is 17.8 Å². The van der Waals surface area contributed by atoms with E-state index in [4.69, 9.17) is 11.5 Å². The number of nitrogens with one attached hydrogen (secondary N) is 1. The number of nitrogens with zero attached hydrogens (tertiary/aromatic N) is 2. The fourth-order valence-corrected chi connectivity index (χ4v) is 3.76. The van der Waals surface area contributed by atoms with Crippen molar-refractivity contribution >= 4 is 23.6 Å². The number of hydrogen-bond acceptors (Lipinski definition) is 5. The first kappa shape index (κ1) is 22.5. The molecule has 0 aliphatic heterocycles. The molecule has 0 fully saturated rings. The number of aryl methyl sites for hydroxylation is 2. The lowest BCUT2D eigenvalue weighted by molar-refractivity contribution is -0.138. The van der Waals surface area contributed by atoms with Gasteiger partial charge in [-0.15, -0.1) is 0 Å². The molecule has 1 atom stereocenters. The van der Waals surface area contributed by atoms with Crippen molar-refractivity contribution in [3.05, 3.63) is 82.6 Å². The van der Waals surface area contributed by atoms with Crippen LogP contribution in [0.25, 0.3) is 0 Å². The van der Waals surface area contributed by atoms with E-state index in [1.54, 1.807) is 26.0 Å². The molecule has 0 aliphatic carbocycles. The van der Waals surface area contributed by atoms with E-state index >= 15 is 0 Å². The predicted octanol–water partition coefficient (Wildman–Crippen LogP) is 1.46. The number of rotatable bonds is 7. The minimum absolute atomic E-state index is 0.0144. The molecule has 6 N–H and O–H groups in total. The molecule has 0 aliphatic rings. The second-order valence-electron chi connectivity index (χ2n) is 7.31. The average Bonchev–Trinajstić information content (AvgIpc) is 3.03. The lowest BCUT2D eigenvalue weighted by Crippen LogP contribution is -2.58. The van der Waals surface area contributed by atoms with Crippen LogP contribution in [0.15, 0.2) is 48.7 Å². The molecule has 166 valence electrons. The summed E-state index contributed by atoms with van der Waals surface area (Å²) in [5.41, 5.74) is 10.0. The van der Waals surface area contributed by atoms with Gasteiger partial charge in [-0.1, -0.05) is 18.2 Å². The number of anilines is 1. The second kappa shape index (κ2) is 8.50. The van der Waals surface area contributed by atoms with Gasteiger partial charge in [0.25, 0.3) is 11.8 Å². The Bertz CT molecular complexity index is 1190. The standard InChI is InChI=1S/C22H22FN5O4/c1-12-9-13(2)28(18(12)19(29)30)22(20(25)31,15-4-6-16(23)7-5-15)21(32)27-11-14-3-8-17(24)26-10-14/h3-10H,11H2,1-2H3,(H2,24,26)(H2,25,31)(H,27,32)(H,29,30)/t22-/m0/s1. The van der Waals surface area contributed by atoms with Gasteiger partial charge >= 0.3 is 5.97 Å². The number of carbonyl (C=O) groups is 3. The van der Waals surface area contributed by atoms with Crippen molar-refractivity contribution in [2.45, 2.75) is 25.9 Å². The zero-order valence-electron chi connectivity index (χ0n) is 17.4. The van der Waals surface area contributed by atoms with E-state index in [9.17, 15) is 23.9 Å². The topological polar surface area (TPSA) is 153 Å². The Balaban J connectivity index is 2.22. The van der Waals surface area contributed by atoms with Gasteiger partial charge in [0, 0.05) is 18.4 Å². The van der Waals surface area contributed by atoms with Crippen molar-refractivity contribution < 1.29 is 23.9 Å². The largest absolute Gasteiger partial charge is 0.477 e. The number of nitrogens with two attached hydrogens (primary N) is 2. The average molecular weight is 439 g/mol. The van der Waals surface area contributed by atoms with E-state index in [1.165, 1.54) is 24.4 Å². The van der Waals surface area contributed by atoms with Crippen LogP contribution in [0.2, 0.25) is 0 Å². The number of carboxylic acid groups (broad SMARTS) is 1. The van der Waals surface area contributed by atoms with Crippen LogP contribution in [0, 0.1) is 19.7 Å². The summed E-state index contributed by atoms with van der Waals surface area (Å²) in [7, 11) is 0. The molecule has 0 saturated heterocycles. The van der Waals surface area contributed by atoms with Gasteiger partial charge in [0.1, 0.15) is 17.3 Å². The maximum atomic E-state index is 13.6. The highest BCUT2D eigenvalue weighted by atomic mass is 19.1. The molecule has 2 heterocycles. The fourth-order valence-electron chi connectivity index (χ4n) is 3.76. The molecule has 2 amide bonds. The number of pyridine rings is 1. The minimum atomic E-state index is -2.29. The van der Waals surface area contributed by atoms with Gasteiger partial charge in [-0.2, -0.15) is 0 Å². The number of benzene rings is 1. The van der Waals surface area contributed by atoms with Crippen molar-refractivity contribution in [3.63, 3.8) is 0 Å². The zero-order valence-corrected chi connectivity index (χ0v) is 17.4. The first-order chi connectivity index (χ1) is 15.1. The molecule has 0 radical (unpaired) electrons. The van der Waals surface area contributed by atoms with Crippen LogP contribution in [0.5, 0.6) is 0 Å². The monoisotopic (exact) mass is 439 g/mol. The highest BCUT2D eigenvalue weighted by molar-refractivity contribution is 6.11. The summed E-state index contributed by atoms with van der Waals surface area (Å²) in [4.78, 5) is 42.6. The smallest absolute Gasteiger partial charge is 0.352 e. The van der Waals surface area contributed by atoms with Gasteiger partial charge in [0.05, 0.1) is 0 Å². The highest BCUT2D eigenvalue weighted by Gasteiger charge is 2.50. The van der Waals surface area contributed by atoms with Crippen LogP contribution < -0.4 is 16.8 Å². The van der Waals surface area contributed by atoms with Gasteiger partial charge in [-0.25, -0.2) is 14.2 Å². The number of aromatic nitrogens is 2. The molecule has 2 aromatic heterocycles. The normalized spacial score (nSPS) is 12.7. The van der Waals surface area contributed by atoms with Crippen LogP contribution in [0.4, 0.5) is 10.2 Å². The number of primary amides is 1. The first-order valence-corrected chi connectivity index (χ1v) is 9.56. The molecule has 10 heteroatoms. The molecule has 3 rings (SSSR count). The lowest BCUT2D eigenvalue weighted by atomic mass is 9.86. The Labute approximate surface area is 182 Å². The molecule has 0 bridgehead atoms. The number of carboxylic acids is 1. The van der Waals surface area contributed by atoms with Gasteiger partial charge < -0.3 is 26.5 Å². The van der Waals surface area contributed by atoms with Gasteiger partial charge in [0.2, 0.25) is 5.54 Å². The summed E-state index contributed by atoms with van der Waals surface area (Å²) in [6, 6.07) is 9.30. The van der Waals surface area contributed by atoms with Gasteiger partial charge in [-0.3, -0.25) is 9.59 Å². The maximum Gasteiger partial charge on any atom is 0.352 e. The van der Waals surface area contributed by atoms with Crippen LogP contribution in [0.3, 0.4) is 0 Å². The summed E-state index contributed by atoms with van der Waals surface area (Å²) in [5, 5.41) is 12.5. The van der Waals surface area contributed by atoms with Gasteiger partial charge in [-0.05, 0) is 54.8 Å². The molecule has 3 aromatic rings. The number of halogens is 1. The van der Waals surface area contributed by atoms with E-state index in [0.29, 0.717) is 22.6 Å². The van der Waals surface area contributed by atoms with Crippen LogP contribution >= 0.6 is 0 Å². The third kappa shape index (κ3) is 3.78. The van der Waals surface area contributed by atoms with Crippen molar-refractivity contribution in [3.8, 4) is 0 Å². The molecule has 0 saturated carbocycles. The van der Waals surface area contributed by atoms with Crippen molar-refractivity contribution in [1.82, 2.24) is 14.9 Å². The van der Waals surface area contributed by atoms with Crippen molar-refractivity contribution in [2.75, 3.05) is 5.73 Å². The lowest BCUT2D eigenvalue weighted by Gasteiger charge is -2.34. The summed E-state index contributed by atoms with van der Waals surface area (Å²) in [5.74, 6) is -3.66. The zero-order chi connectivity index (χ0) is 23.6. The summed E-state index contributed by atoms with van der Waals surface area (Å²) in [6.07, 6.45) is 1.45. The van der Waals surface area contributed by atoms with Gasteiger partial charge in [0.15, 0.2) is 0 Å². The number of aromatic carboxylic acids is 1. The SMILES string of the molecule is Cc1cc(C)n([C@@](C(N)=O)(C(=O)NCc2ccc(N)nc2)c2ccc(F)cc2)c1C(=O)O. The summed E-state index contributed by atoms with van der Waals surface area (Å²) >= 11 is 0. The van der Waals surface area contributed by atoms with E-state index < -0.39 is 29.1 Å². The predicted molar refractivity (Wildman–Crippen MR) is 114 cm³/mol. The van der Waals surface area contributed by atoms with E-state index in [0.717, 1.165) is 16.7 Å². The van der Waals surface area contributed by atoms with Crippen molar-refractivity contribution in [1.29, 1.82) is 0 Å². The Morgan fingerprint density at radius 2 is 1.81 bits per heavy atom. The number of carbonyl (C=O) groups excluding carboxylic acids is 2. The minimum Gasteiger partial charge on any atom is -0.477 e.